The number of rotatable bonds is 5. The van der Waals surface area contributed by atoms with Gasteiger partial charge < -0.3 is 10.1 Å². The Morgan fingerprint density at radius 3 is 2.70 bits per heavy atom. The molecular formula is C14H16N2O3S. The number of benzene rings is 1. The number of hydrogen-bond donors (Lipinski definition) is 1. The molecule has 1 N–H and O–H groups in total. The molecule has 2 rings (SSSR count). The molecule has 0 spiro atoms. The molecule has 0 unspecified atom stereocenters. The van der Waals surface area contributed by atoms with Crippen molar-refractivity contribution < 1.29 is 13.2 Å². The van der Waals surface area contributed by atoms with Crippen molar-refractivity contribution in [2.45, 2.75) is 11.8 Å². The second-order valence-corrected chi connectivity index (χ2v) is 6.30. The molecule has 1 aromatic heterocycles. The standard InChI is InChI=1S/C14H16N2O3S/c1-3-16-11-7-13(10-15-9-11)19-12-5-4-6-14(8-12)20(2,17)18/h4-10,16H,3H2,1-2H3. The third-order valence-electron chi connectivity index (χ3n) is 2.56. The molecule has 0 fully saturated rings. The second-order valence-electron chi connectivity index (χ2n) is 4.29. The number of ether oxygens (including phenoxy) is 1. The van der Waals surface area contributed by atoms with Gasteiger partial charge in [0, 0.05) is 18.9 Å². The molecule has 1 heterocycles. The summed E-state index contributed by atoms with van der Waals surface area (Å²) in [7, 11) is -3.24. The molecule has 106 valence electrons. The molecule has 0 atom stereocenters. The number of anilines is 1. The van der Waals surface area contributed by atoms with Crippen molar-refractivity contribution >= 4 is 15.5 Å². The number of nitrogens with one attached hydrogen (secondary N) is 1. The van der Waals surface area contributed by atoms with E-state index < -0.39 is 9.84 Å². The summed E-state index contributed by atoms with van der Waals surface area (Å²) < 4.78 is 28.6. The van der Waals surface area contributed by atoms with Gasteiger partial charge in [0.1, 0.15) is 11.5 Å². The molecule has 6 heteroatoms. The lowest BCUT2D eigenvalue weighted by molar-refractivity contribution is 0.478. The van der Waals surface area contributed by atoms with Crippen molar-refractivity contribution in [1.29, 1.82) is 0 Å². The topological polar surface area (TPSA) is 68.3 Å². The van der Waals surface area contributed by atoms with Crippen LogP contribution in [-0.2, 0) is 9.84 Å². The summed E-state index contributed by atoms with van der Waals surface area (Å²) in [5.74, 6) is 1.01. The van der Waals surface area contributed by atoms with E-state index >= 15 is 0 Å². The molecule has 20 heavy (non-hydrogen) atoms. The lowest BCUT2D eigenvalue weighted by atomic mass is 10.3. The molecule has 0 aliphatic rings. The molecule has 5 nitrogen and oxygen atoms in total. The maximum Gasteiger partial charge on any atom is 0.175 e. The quantitative estimate of drug-likeness (QED) is 0.917. The first-order valence-corrected chi connectivity index (χ1v) is 8.05. The normalized spacial score (nSPS) is 11.1. The van der Waals surface area contributed by atoms with Gasteiger partial charge in [-0.15, -0.1) is 0 Å². The minimum absolute atomic E-state index is 0.228. The van der Waals surface area contributed by atoms with Crippen LogP contribution in [0.5, 0.6) is 11.5 Å². The summed E-state index contributed by atoms with van der Waals surface area (Å²) >= 11 is 0. The highest BCUT2D eigenvalue weighted by Gasteiger charge is 2.08. The first-order valence-electron chi connectivity index (χ1n) is 6.16. The SMILES string of the molecule is CCNc1cncc(Oc2cccc(S(C)(=O)=O)c2)c1. The fourth-order valence-electron chi connectivity index (χ4n) is 1.68. The van der Waals surface area contributed by atoms with Gasteiger partial charge in [0.2, 0.25) is 0 Å². The molecule has 0 saturated carbocycles. The highest BCUT2D eigenvalue weighted by atomic mass is 32.2. The maximum absolute atomic E-state index is 11.5. The zero-order chi connectivity index (χ0) is 14.6. The van der Waals surface area contributed by atoms with Crippen LogP contribution in [-0.4, -0.2) is 26.2 Å². The minimum atomic E-state index is -3.24. The molecule has 0 radical (unpaired) electrons. The van der Waals surface area contributed by atoms with Crippen LogP contribution in [0.2, 0.25) is 0 Å². The van der Waals surface area contributed by atoms with Gasteiger partial charge in [0.25, 0.3) is 0 Å². The Hall–Kier alpha value is -2.08. The van der Waals surface area contributed by atoms with Gasteiger partial charge in [-0.25, -0.2) is 8.42 Å². The van der Waals surface area contributed by atoms with E-state index in [0.717, 1.165) is 12.2 Å². The van der Waals surface area contributed by atoms with Crippen LogP contribution in [0.15, 0.2) is 47.6 Å². The molecule has 2 aromatic rings. The summed E-state index contributed by atoms with van der Waals surface area (Å²) in [6.07, 6.45) is 4.44. The monoisotopic (exact) mass is 292 g/mol. The Labute approximate surface area is 118 Å². The summed E-state index contributed by atoms with van der Waals surface area (Å²) in [6.45, 7) is 2.78. The summed E-state index contributed by atoms with van der Waals surface area (Å²) in [5.41, 5.74) is 0.851. The van der Waals surface area contributed by atoms with Crippen LogP contribution in [0.4, 0.5) is 5.69 Å². The second kappa shape index (κ2) is 5.92. The van der Waals surface area contributed by atoms with E-state index in [9.17, 15) is 8.42 Å². The van der Waals surface area contributed by atoms with Crippen LogP contribution in [0.3, 0.4) is 0 Å². The van der Waals surface area contributed by atoms with Gasteiger partial charge >= 0.3 is 0 Å². The highest BCUT2D eigenvalue weighted by Crippen LogP contribution is 2.25. The third-order valence-corrected chi connectivity index (χ3v) is 3.67. The van der Waals surface area contributed by atoms with Gasteiger partial charge in [-0.2, -0.15) is 0 Å². The zero-order valence-corrected chi connectivity index (χ0v) is 12.1. The molecule has 0 bridgehead atoms. The average molecular weight is 292 g/mol. The van der Waals surface area contributed by atoms with Crippen molar-refractivity contribution in [3.63, 3.8) is 0 Å². The summed E-state index contributed by atoms with van der Waals surface area (Å²) in [4.78, 5) is 4.29. The Bertz CT molecular complexity index is 699. The number of aromatic nitrogens is 1. The third kappa shape index (κ3) is 3.71. The van der Waals surface area contributed by atoms with Crippen LogP contribution >= 0.6 is 0 Å². The first kappa shape index (κ1) is 14.3. The van der Waals surface area contributed by atoms with E-state index in [1.165, 1.54) is 18.4 Å². The Kier molecular flexibility index (Phi) is 4.24. The summed E-state index contributed by atoms with van der Waals surface area (Å²) in [6, 6.07) is 8.19. The van der Waals surface area contributed by atoms with Crippen molar-refractivity contribution in [2.24, 2.45) is 0 Å². The van der Waals surface area contributed by atoms with Crippen LogP contribution < -0.4 is 10.1 Å². The van der Waals surface area contributed by atoms with E-state index in [1.807, 2.05) is 13.0 Å². The van der Waals surface area contributed by atoms with E-state index in [4.69, 9.17) is 4.74 Å². The van der Waals surface area contributed by atoms with E-state index in [1.54, 1.807) is 24.5 Å². The molecule has 0 aliphatic heterocycles. The minimum Gasteiger partial charge on any atom is -0.456 e. The average Bonchev–Trinajstić information content (AvgIpc) is 2.39. The zero-order valence-electron chi connectivity index (χ0n) is 11.3. The number of pyridine rings is 1. The summed E-state index contributed by atoms with van der Waals surface area (Å²) in [5, 5.41) is 3.13. The molecule has 1 aromatic carbocycles. The van der Waals surface area contributed by atoms with Crippen molar-refractivity contribution in [2.75, 3.05) is 18.1 Å². The Morgan fingerprint density at radius 1 is 1.20 bits per heavy atom. The maximum atomic E-state index is 11.5. The molecule has 0 saturated heterocycles. The lowest BCUT2D eigenvalue weighted by Crippen LogP contribution is -1.98. The van der Waals surface area contributed by atoms with Crippen molar-refractivity contribution in [3.05, 3.63) is 42.7 Å². The number of sulfone groups is 1. The van der Waals surface area contributed by atoms with Gasteiger partial charge in [-0.05, 0) is 25.1 Å². The number of hydrogen-bond acceptors (Lipinski definition) is 5. The largest absolute Gasteiger partial charge is 0.456 e. The fraction of sp³-hybridized carbons (Fsp3) is 0.214. The van der Waals surface area contributed by atoms with Gasteiger partial charge in [0.15, 0.2) is 9.84 Å². The van der Waals surface area contributed by atoms with E-state index in [0.29, 0.717) is 11.5 Å². The van der Waals surface area contributed by atoms with Gasteiger partial charge in [-0.3, -0.25) is 4.98 Å². The first-order chi connectivity index (χ1) is 9.49. The smallest absolute Gasteiger partial charge is 0.175 e. The van der Waals surface area contributed by atoms with Crippen molar-refractivity contribution in [3.8, 4) is 11.5 Å². The molecule has 0 aliphatic carbocycles. The predicted octanol–water partition coefficient (Wildman–Crippen LogP) is 2.71. The fourth-order valence-corrected chi connectivity index (χ4v) is 2.34. The molecule has 0 amide bonds. The van der Waals surface area contributed by atoms with Crippen LogP contribution in [0, 0.1) is 0 Å². The van der Waals surface area contributed by atoms with E-state index in [-0.39, 0.29) is 4.90 Å². The van der Waals surface area contributed by atoms with E-state index in [2.05, 4.69) is 10.3 Å². The number of nitrogens with zero attached hydrogens (tertiary/aromatic N) is 1. The highest BCUT2D eigenvalue weighted by molar-refractivity contribution is 7.90. The van der Waals surface area contributed by atoms with Gasteiger partial charge in [0.05, 0.1) is 23.0 Å². The van der Waals surface area contributed by atoms with Crippen LogP contribution in [0.25, 0.3) is 0 Å². The predicted molar refractivity (Wildman–Crippen MR) is 78.0 cm³/mol. The van der Waals surface area contributed by atoms with Crippen molar-refractivity contribution in [1.82, 2.24) is 4.98 Å². The Balaban J connectivity index is 2.24. The molecular weight excluding hydrogens is 276 g/mol. The Morgan fingerprint density at radius 2 is 2.00 bits per heavy atom. The van der Waals surface area contributed by atoms with Gasteiger partial charge in [-0.1, -0.05) is 6.07 Å². The lowest BCUT2D eigenvalue weighted by Gasteiger charge is -2.08. The van der Waals surface area contributed by atoms with Crippen LogP contribution in [0.1, 0.15) is 6.92 Å².